The van der Waals surface area contributed by atoms with Crippen LogP contribution in [0.15, 0.2) is 35.7 Å². The monoisotopic (exact) mass is 260 g/mol. The maximum absolute atomic E-state index is 12.7. The Bertz CT molecular complexity index is 450. The number of hydrogen-bond acceptors (Lipinski definition) is 1. The van der Waals surface area contributed by atoms with E-state index in [1.54, 1.807) is 12.1 Å². The Morgan fingerprint density at radius 1 is 1.13 bits per heavy atom. The summed E-state index contributed by atoms with van der Waals surface area (Å²) < 4.78 is 13.4. The number of benzene rings is 1. The first-order valence-electron chi connectivity index (χ1n) is 4.30. The van der Waals surface area contributed by atoms with Gasteiger partial charge in [-0.05, 0) is 34.7 Å². The van der Waals surface area contributed by atoms with Crippen molar-refractivity contribution in [3.8, 4) is 0 Å². The van der Waals surface area contributed by atoms with E-state index in [9.17, 15) is 4.39 Å². The zero-order valence-corrected chi connectivity index (χ0v) is 9.91. The third-order valence-corrected chi connectivity index (χ3v) is 3.66. The van der Waals surface area contributed by atoms with E-state index < -0.39 is 0 Å². The highest BCUT2D eigenvalue weighted by Crippen LogP contribution is 2.33. The minimum atomic E-state index is -0.269. The Morgan fingerprint density at radius 3 is 2.33 bits per heavy atom. The van der Waals surface area contributed by atoms with Crippen LogP contribution in [0.25, 0.3) is 0 Å². The summed E-state index contributed by atoms with van der Waals surface area (Å²) in [4.78, 5) is 0. The van der Waals surface area contributed by atoms with Crippen molar-refractivity contribution in [3.05, 3.63) is 57.0 Å². The van der Waals surface area contributed by atoms with E-state index >= 15 is 0 Å². The van der Waals surface area contributed by atoms with Gasteiger partial charge in [-0.3, -0.25) is 0 Å². The molecule has 0 aliphatic carbocycles. The van der Waals surface area contributed by atoms with Gasteiger partial charge in [0.15, 0.2) is 0 Å². The highest BCUT2D eigenvalue weighted by molar-refractivity contribution is 7.14. The molecule has 1 atom stereocenters. The van der Waals surface area contributed by atoms with Crippen LogP contribution in [-0.4, -0.2) is 0 Å². The SMILES string of the molecule is Fc1ccc(C(Cl)c2csc(Cl)c2)cc1. The normalized spacial score (nSPS) is 12.7. The molecule has 2 rings (SSSR count). The summed E-state index contributed by atoms with van der Waals surface area (Å²) in [5.74, 6) is -0.258. The Kier molecular flexibility index (Phi) is 3.29. The van der Waals surface area contributed by atoms with E-state index in [-0.39, 0.29) is 11.2 Å². The fourth-order valence-corrected chi connectivity index (χ4v) is 2.54. The maximum atomic E-state index is 12.7. The highest BCUT2D eigenvalue weighted by Gasteiger charge is 2.12. The topological polar surface area (TPSA) is 0 Å². The molecule has 0 spiro atoms. The van der Waals surface area contributed by atoms with Crippen LogP contribution in [0.3, 0.4) is 0 Å². The number of alkyl halides is 1. The molecule has 1 aromatic carbocycles. The van der Waals surface area contributed by atoms with Gasteiger partial charge in [0, 0.05) is 0 Å². The molecule has 0 radical (unpaired) electrons. The zero-order chi connectivity index (χ0) is 10.8. The first-order chi connectivity index (χ1) is 7.16. The zero-order valence-electron chi connectivity index (χ0n) is 7.58. The average molecular weight is 261 g/mol. The molecule has 1 aromatic heterocycles. The molecule has 1 heterocycles. The van der Waals surface area contributed by atoms with Crippen molar-refractivity contribution in [2.45, 2.75) is 5.38 Å². The van der Waals surface area contributed by atoms with E-state index in [0.29, 0.717) is 4.34 Å². The van der Waals surface area contributed by atoms with Crippen LogP contribution in [0.1, 0.15) is 16.5 Å². The summed E-state index contributed by atoms with van der Waals surface area (Å²) in [6, 6.07) is 7.99. The predicted octanol–water partition coefficient (Wildman–Crippen LogP) is 4.87. The van der Waals surface area contributed by atoms with Crippen molar-refractivity contribution in [1.29, 1.82) is 0 Å². The Morgan fingerprint density at radius 2 is 1.80 bits per heavy atom. The predicted molar refractivity (Wildman–Crippen MR) is 63.4 cm³/mol. The number of rotatable bonds is 2. The van der Waals surface area contributed by atoms with Gasteiger partial charge >= 0.3 is 0 Å². The number of thiophene rings is 1. The lowest BCUT2D eigenvalue weighted by Crippen LogP contribution is -1.90. The van der Waals surface area contributed by atoms with Crippen LogP contribution in [0, 0.1) is 5.82 Å². The van der Waals surface area contributed by atoms with Gasteiger partial charge < -0.3 is 0 Å². The fraction of sp³-hybridized carbons (Fsp3) is 0.0909. The summed E-state index contributed by atoms with van der Waals surface area (Å²) in [5.41, 5.74) is 1.81. The van der Waals surface area contributed by atoms with E-state index in [2.05, 4.69) is 0 Å². The molecule has 0 aliphatic rings. The van der Waals surface area contributed by atoms with Crippen molar-refractivity contribution in [3.63, 3.8) is 0 Å². The molecule has 4 heteroatoms. The van der Waals surface area contributed by atoms with E-state index in [0.717, 1.165) is 11.1 Å². The van der Waals surface area contributed by atoms with Crippen LogP contribution in [-0.2, 0) is 0 Å². The second kappa shape index (κ2) is 4.52. The molecule has 15 heavy (non-hydrogen) atoms. The van der Waals surface area contributed by atoms with Crippen LogP contribution >= 0.6 is 34.5 Å². The average Bonchev–Trinajstić information content (AvgIpc) is 2.65. The van der Waals surface area contributed by atoms with Gasteiger partial charge in [-0.25, -0.2) is 4.39 Å². The second-order valence-electron chi connectivity index (χ2n) is 3.10. The Balaban J connectivity index is 2.28. The first kappa shape index (κ1) is 10.9. The van der Waals surface area contributed by atoms with Crippen molar-refractivity contribution in [1.82, 2.24) is 0 Å². The van der Waals surface area contributed by atoms with E-state index in [1.807, 2.05) is 11.4 Å². The highest BCUT2D eigenvalue weighted by atomic mass is 35.5. The van der Waals surface area contributed by atoms with Crippen molar-refractivity contribution >= 4 is 34.5 Å². The van der Waals surface area contributed by atoms with Crippen molar-refractivity contribution in [2.24, 2.45) is 0 Å². The third kappa shape index (κ3) is 2.51. The lowest BCUT2D eigenvalue weighted by molar-refractivity contribution is 0.627. The summed E-state index contributed by atoms with van der Waals surface area (Å²) in [6.07, 6.45) is 0. The first-order valence-corrected chi connectivity index (χ1v) is 5.99. The molecule has 0 bridgehead atoms. The van der Waals surface area contributed by atoms with Crippen molar-refractivity contribution in [2.75, 3.05) is 0 Å². The van der Waals surface area contributed by atoms with Gasteiger partial charge in [-0.2, -0.15) is 0 Å². The summed E-state index contributed by atoms with van der Waals surface area (Å²) in [6.45, 7) is 0. The smallest absolute Gasteiger partial charge is 0.123 e. The second-order valence-corrected chi connectivity index (χ2v) is 5.08. The van der Waals surface area contributed by atoms with Gasteiger partial charge in [0.25, 0.3) is 0 Å². The largest absolute Gasteiger partial charge is 0.207 e. The quantitative estimate of drug-likeness (QED) is 0.676. The minimum absolute atomic E-state index is 0.258. The molecule has 0 aliphatic heterocycles. The Hall–Kier alpha value is -0.570. The van der Waals surface area contributed by atoms with Gasteiger partial charge in [-0.1, -0.05) is 23.7 Å². The molecule has 2 aromatic rings. The van der Waals surface area contributed by atoms with Crippen molar-refractivity contribution < 1.29 is 4.39 Å². The molecule has 0 fully saturated rings. The van der Waals surface area contributed by atoms with Gasteiger partial charge in [0.1, 0.15) is 5.82 Å². The van der Waals surface area contributed by atoms with Crippen LogP contribution in [0.5, 0.6) is 0 Å². The van der Waals surface area contributed by atoms with Gasteiger partial charge in [0.05, 0.1) is 9.71 Å². The Labute approximate surface area is 101 Å². The molecule has 0 amide bonds. The molecule has 0 nitrogen and oxygen atoms in total. The molecule has 1 unspecified atom stereocenters. The van der Waals surface area contributed by atoms with Crippen LogP contribution < -0.4 is 0 Å². The number of hydrogen-bond donors (Lipinski definition) is 0. The van der Waals surface area contributed by atoms with E-state index in [4.69, 9.17) is 23.2 Å². The molecule has 0 saturated heterocycles. The summed E-state index contributed by atoms with van der Waals surface area (Å²) in [5, 5.41) is 1.64. The van der Waals surface area contributed by atoms with Crippen LogP contribution in [0.4, 0.5) is 4.39 Å². The third-order valence-electron chi connectivity index (χ3n) is 2.04. The fourth-order valence-electron chi connectivity index (χ4n) is 1.28. The van der Waals surface area contributed by atoms with Gasteiger partial charge in [0.2, 0.25) is 0 Å². The molecular weight excluding hydrogens is 254 g/mol. The molecule has 0 N–H and O–H groups in total. The van der Waals surface area contributed by atoms with Crippen LogP contribution in [0.2, 0.25) is 4.34 Å². The summed E-state index contributed by atoms with van der Waals surface area (Å²) in [7, 11) is 0. The molecule has 0 saturated carbocycles. The standard InChI is InChI=1S/C11H7Cl2FS/c12-10-5-8(6-15-10)11(13)7-1-3-9(14)4-2-7/h1-6,11H. The summed E-state index contributed by atoms with van der Waals surface area (Å²) >= 11 is 13.5. The van der Waals surface area contributed by atoms with Gasteiger partial charge in [-0.15, -0.1) is 22.9 Å². The van der Waals surface area contributed by atoms with E-state index in [1.165, 1.54) is 23.5 Å². The number of halogens is 3. The minimum Gasteiger partial charge on any atom is -0.207 e. The maximum Gasteiger partial charge on any atom is 0.123 e. The lowest BCUT2D eigenvalue weighted by atomic mass is 10.1. The lowest BCUT2D eigenvalue weighted by Gasteiger charge is -2.07. The molecular formula is C11H7Cl2FS. The molecule has 78 valence electrons.